The van der Waals surface area contributed by atoms with Crippen molar-refractivity contribution in [2.75, 3.05) is 11.4 Å². The fourth-order valence-corrected chi connectivity index (χ4v) is 2.60. The Kier molecular flexibility index (Phi) is 1.83. The van der Waals surface area contributed by atoms with E-state index >= 15 is 0 Å². The number of para-hydroxylation sites is 1. The van der Waals surface area contributed by atoms with Crippen molar-refractivity contribution in [1.82, 2.24) is 5.32 Å². The summed E-state index contributed by atoms with van der Waals surface area (Å²) in [7, 11) is 0. The summed E-state index contributed by atoms with van der Waals surface area (Å²) >= 11 is 0. The van der Waals surface area contributed by atoms with E-state index in [1.54, 1.807) is 0 Å². The fourth-order valence-electron chi connectivity index (χ4n) is 2.60. The molecule has 1 aromatic rings. The lowest BCUT2D eigenvalue weighted by molar-refractivity contribution is -0.119. The minimum atomic E-state index is 0.0645. The molecule has 3 rings (SSSR count). The fraction of sp³-hybridized carbons (Fsp3) is 0.417. The lowest BCUT2D eigenvalue weighted by Crippen LogP contribution is -2.48. The van der Waals surface area contributed by atoms with Crippen LogP contribution in [0, 0.1) is 6.92 Å². The molecule has 0 aromatic heterocycles. The molecule has 0 radical (unpaired) electrons. The Morgan fingerprint density at radius 1 is 1.40 bits per heavy atom. The number of hydrogen-bond donors (Lipinski definition) is 1. The van der Waals surface area contributed by atoms with E-state index in [9.17, 15) is 4.79 Å². The van der Waals surface area contributed by atoms with E-state index in [0.29, 0.717) is 6.04 Å². The highest BCUT2D eigenvalue weighted by molar-refractivity contribution is 6.01. The van der Waals surface area contributed by atoms with Gasteiger partial charge in [0, 0.05) is 12.2 Å². The minimum absolute atomic E-state index is 0.0645. The van der Waals surface area contributed by atoms with Crippen LogP contribution in [0.5, 0.6) is 0 Å². The summed E-state index contributed by atoms with van der Waals surface area (Å²) in [6, 6.07) is 8.53. The maximum Gasteiger partial charge on any atom is 0.244 e. The molecular weight excluding hydrogens is 188 g/mol. The zero-order chi connectivity index (χ0) is 10.4. The highest BCUT2D eigenvalue weighted by atomic mass is 16.2. The van der Waals surface area contributed by atoms with Crippen molar-refractivity contribution in [2.24, 2.45) is 0 Å². The molecule has 1 amide bonds. The molecule has 2 bridgehead atoms. The monoisotopic (exact) mass is 202 g/mol. The van der Waals surface area contributed by atoms with E-state index in [0.717, 1.165) is 18.7 Å². The van der Waals surface area contributed by atoms with Gasteiger partial charge in [-0.15, -0.1) is 0 Å². The van der Waals surface area contributed by atoms with Crippen LogP contribution in [0.2, 0.25) is 0 Å². The molecule has 3 nitrogen and oxygen atoms in total. The quantitative estimate of drug-likeness (QED) is 0.739. The molecule has 2 saturated heterocycles. The Balaban J connectivity index is 2.02. The molecule has 0 aliphatic carbocycles. The second-order valence-corrected chi connectivity index (χ2v) is 4.35. The largest absolute Gasteiger partial charge is 0.306 e. The predicted molar refractivity (Wildman–Crippen MR) is 58.9 cm³/mol. The summed E-state index contributed by atoms with van der Waals surface area (Å²) in [5, 5.41) is 3.23. The third kappa shape index (κ3) is 1.20. The van der Waals surface area contributed by atoms with Gasteiger partial charge in [0.2, 0.25) is 5.91 Å². The molecule has 1 N–H and O–H groups in total. The van der Waals surface area contributed by atoms with Gasteiger partial charge in [-0.05, 0) is 25.0 Å². The summed E-state index contributed by atoms with van der Waals surface area (Å²) in [5.41, 5.74) is 2.26. The molecule has 2 unspecified atom stereocenters. The highest BCUT2D eigenvalue weighted by Crippen LogP contribution is 2.32. The number of nitrogens with zero attached hydrogens (tertiary/aromatic N) is 1. The van der Waals surface area contributed by atoms with Gasteiger partial charge in [-0.3, -0.25) is 4.79 Å². The van der Waals surface area contributed by atoms with Gasteiger partial charge in [0.15, 0.2) is 0 Å². The number of fused-ring (bicyclic) bond motifs is 2. The van der Waals surface area contributed by atoms with Crippen LogP contribution in [0.15, 0.2) is 24.3 Å². The molecule has 78 valence electrons. The Hall–Kier alpha value is -1.35. The Morgan fingerprint density at radius 3 is 2.87 bits per heavy atom. The number of piperazine rings is 1. The predicted octanol–water partition coefficient (Wildman–Crippen LogP) is 1.07. The van der Waals surface area contributed by atoms with Crippen molar-refractivity contribution in [1.29, 1.82) is 0 Å². The number of benzene rings is 1. The van der Waals surface area contributed by atoms with Crippen LogP contribution in [0.1, 0.15) is 12.0 Å². The average molecular weight is 202 g/mol. The second kappa shape index (κ2) is 3.07. The number of aryl methyl sites for hydroxylation is 1. The smallest absolute Gasteiger partial charge is 0.244 e. The summed E-state index contributed by atoms with van der Waals surface area (Å²) in [4.78, 5) is 14.0. The van der Waals surface area contributed by atoms with Crippen molar-refractivity contribution in [2.45, 2.75) is 25.4 Å². The first-order valence-corrected chi connectivity index (χ1v) is 5.39. The highest BCUT2D eigenvalue weighted by Gasteiger charge is 2.45. The van der Waals surface area contributed by atoms with Crippen LogP contribution in [-0.2, 0) is 4.79 Å². The van der Waals surface area contributed by atoms with Gasteiger partial charge in [-0.25, -0.2) is 0 Å². The summed E-state index contributed by atoms with van der Waals surface area (Å²) in [5.74, 6) is 0.237. The van der Waals surface area contributed by atoms with Crippen molar-refractivity contribution in [3.05, 3.63) is 29.8 Å². The lowest BCUT2D eigenvalue weighted by Gasteiger charge is -2.28. The molecule has 3 heteroatoms. The average Bonchev–Trinajstić information content (AvgIpc) is 2.80. The number of carbonyl (C=O) groups is 1. The Bertz CT molecular complexity index is 416. The zero-order valence-electron chi connectivity index (χ0n) is 8.73. The van der Waals surface area contributed by atoms with E-state index in [1.165, 1.54) is 5.56 Å². The number of hydrogen-bond acceptors (Lipinski definition) is 2. The van der Waals surface area contributed by atoms with Gasteiger partial charge in [0.1, 0.15) is 0 Å². The topological polar surface area (TPSA) is 32.3 Å². The molecule has 1 aromatic carbocycles. The van der Waals surface area contributed by atoms with Crippen molar-refractivity contribution >= 4 is 11.6 Å². The first kappa shape index (κ1) is 8.92. The molecule has 0 spiro atoms. The van der Waals surface area contributed by atoms with Gasteiger partial charge in [-0.1, -0.05) is 18.2 Å². The number of nitrogens with one attached hydrogen (secondary N) is 1. The van der Waals surface area contributed by atoms with E-state index in [-0.39, 0.29) is 11.9 Å². The molecular formula is C12H14N2O. The Morgan fingerprint density at radius 2 is 2.20 bits per heavy atom. The van der Waals surface area contributed by atoms with Gasteiger partial charge in [-0.2, -0.15) is 0 Å². The van der Waals surface area contributed by atoms with Crippen LogP contribution in [0.3, 0.4) is 0 Å². The van der Waals surface area contributed by atoms with Gasteiger partial charge in [0.25, 0.3) is 0 Å². The normalized spacial score (nSPS) is 28.9. The summed E-state index contributed by atoms with van der Waals surface area (Å²) in [6.45, 7) is 2.99. The standard InChI is InChI=1S/C12H14N2O/c1-8-4-2-3-5-11(8)14-9-6-10(12(14)15)13-7-9/h2-5,9-10,13H,6-7H2,1H3. The van der Waals surface area contributed by atoms with Crippen LogP contribution in [0.25, 0.3) is 0 Å². The van der Waals surface area contributed by atoms with Crippen LogP contribution >= 0.6 is 0 Å². The zero-order valence-corrected chi connectivity index (χ0v) is 8.73. The van der Waals surface area contributed by atoms with Crippen LogP contribution < -0.4 is 10.2 Å². The third-order valence-electron chi connectivity index (χ3n) is 3.38. The van der Waals surface area contributed by atoms with Gasteiger partial charge < -0.3 is 10.2 Å². The SMILES string of the molecule is Cc1ccccc1N1C(=O)C2CC1CN2. The summed E-state index contributed by atoms with van der Waals surface area (Å²) < 4.78 is 0. The van der Waals surface area contributed by atoms with Gasteiger partial charge in [0.05, 0.1) is 12.1 Å². The lowest BCUT2D eigenvalue weighted by atomic mass is 10.1. The van der Waals surface area contributed by atoms with E-state index in [1.807, 2.05) is 23.1 Å². The second-order valence-electron chi connectivity index (χ2n) is 4.35. The molecule has 2 atom stereocenters. The molecule has 2 aliphatic heterocycles. The first-order valence-electron chi connectivity index (χ1n) is 5.39. The number of amides is 1. The minimum Gasteiger partial charge on any atom is -0.306 e. The number of anilines is 1. The van der Waals surface area contributed by atoms with E-state index in [4.69, 9.17) is 0 Å². The van der Waals surface area contributed by atoms with Crippen LogP contribution in [-0.4, -0.2) is 24.5 Å². The van der Waals surface area contributed by atoms with Gasteiger partial charge >= 0.3 is 0 Å². The van der Waals surface area contributed by atoms with Crippen molar-refractivity contribution in [3.8, 4) is 0 Å². The first-order chi connectivity index (χ1) is 7.27. The van der Waals surface area contributed by atoms with Crippen molar-refractivity contribution < 1.29 is 4.79 Å². The molecule has 2 aliphatic rings. The number of carbonyl (C=O) groups excluding carboxylic acids is 1. The van der Waals surface area contributed by atoms with Crippen molar-refractivity contribution in [3.63, 3.8) is 0 Å². The Labute approximate surface area is 89.1 Å². The molecule has 0 saturated carbocycles. The van der Waals surface area contributed by atoms with E-state index in [2.05, 4.69) is 18.3 Å². The number of rotatable bonds is 1. The molecule has 15 heavy (non-hydrogen) atoms. The van der Waals surface area contributed by atoms with Crippen LogP contribution in [0.4, 0.5) is 5.69 Å². The third-order valence-corrected chi connectivity index (χ3v) is 3.38. The van der Waals surface area contributed by atoms with E-state index < -0.39 is 0 Å². The molecule has 2 heterocycles. The maximum absolute atomic E-state index is 12.0. The maximum atomic E-state index is 12.0. The molecule has 2 fully saturated rings. The summed E-state index contributed by atoms with van der Waals surface area (Å²) in [6.07, 6.45) is 0.965.